The molecule has 3 aromatic carbocycles. The van der Waals surface area contributed by atoms with Crippen molar-refractivity contribution in [3.63, 3.8) is 0 Å². The first-order valence-electron chi connectivity index (χ1n) is 12.0. The number of nitrogens with one attached hydrogen (secondary N) is 2. The van der Waals surface area contributed by atoms with Gasteiger partial charge in [0.25, 0.3) is 15.9 Å². The second-order valence-corrected chi connectivity index (χ2v) is 10.7. The van der Waals surface area contributed by atoms with E-state index in [1.807, 2.05) is 19.9 Å². The van der Waals surface area contributed by atoms with Crippen LogP contribution in [0.4, 0.5) is 11.4 Å². The average molecular weight is 553 g/mol. The Bertz CT molecular complexity index is 1480. The number of methoxy groups -OCH3 is 2. The standard InChI is InChI=1S/C28H32N4O6S/c1-18-13-19(2)15-24(14-18)32(39(35,36)25-11-12-26(37-5)27(16-25)38-6)17-28(34)31-30-20(3)22-7-9-23(10-8-22)29-21(4)33/h7-16H,17H2,1-6H3,(H,29,33)(H,31,34)/b30-20-. The first kappa shape index (κ1) is 29.2. The number of anilines is 2. The van der Waals surface area contributed by atoms with Crippen LogP contribution in [0.3, 0.4) is 0 Å². The molecule has 0 heterocycles. The Morgan fingerprint density at radius 2 is 1.49 bits per heavy atom. The van der Waals surface area contributed by atoms with Crippen molar-refractivity contribution in [1.29, 1.82) is 0 Å². The number of aryl methyl sites for hydroxylation is 2. The van der Waals surface area contributed by atoms with Crippen LogP contribution >= 0.6 is 0 Å². The molecule has 3 rings (SSSR count). The molecule has 0 saturated heterocycles. The summed E-state index contributed by atoms with van der Waals surface area (Å²) in [6, 6.07) is 16.5. The van der Waals surface area contributed by atoms with Crippen LogP contribution in [0, 0.1) is 13.8 Å². The molecule has 11 heteroatoms. The molecule has 0 spiro atoms. The van der Waals surface area contributed by atoms with Crippen LogP contribution in [0.25, 0.3) is 0 Å². The van der Waals surface area contributed by atoms with Crippen LogP contribution in [0.1, 0.15) is 30.5 Å². The fourth-order valence-corrected chi connectivity index (χ4v) is 5.31. The van der Waals surface area contributed by atoms with Gasteiger partial charge in [-0.15, -0.1) is 0 Å². The lowest BCUT2D eigenvalue weighted by Crippen LogP contribution is -2.39. The molecule has 39 heavy (non-hydrogen) atoms. The summed E-state index contributed by atoms with van der Waals surface area (Å²) < 4.78 is 39.2. The van der Waals surface area contributed by atoms with E-state index in [1.165, 1.54) is 39.3 Å². The summed E-state index contributed by atoms with van der Waals surface area (Å²) in [5.74, 6) is -0.195. The normalized spacial score (nSPS) is 11.5. The molecular weight excluding hydrogens is 520 g/mol. The molecule has 2 N–H and O–H groups in total. The Labute approximate surface area is 228 Å². The van der Waals surface area contributed by atoms with Gasteiger partial charge in [-0.3, -0.25) is 13.9 Å². The zero-order chi connectivity index (χ0) is 28.7. The van der Waals surface area contributed by atoms with E-state index in [2.05, 4.69) is 15.8 Å². The van der Waals surface area contributed by atoms with Crippen molar-refractivity contribution in [1.82, 2.24) is 5.43 Å². The highest BCUT2D eigenvalue weighted by atomic mass is 32.2. The number of carbonyl (C=O) groups excluding carboxylic acids is 2. The number of nitrogens with zero attached hydrogens (tertiary/aromatic N) is 2. The van der Waals surface area contributed by atoms with Crippen LogP contribution in [0.15, 0.2) is 70.7 Å². The Balaban J connectivity index is 1.90. The molecule has 10 nitrogen and oxygen atoms in total. The van der Waals surface area contributed by atoms with Crippen molar-refractivity contribution in [3.8, 4) is 11.5 Å². The predicted octanol–water partition coefficient (Wildman–Crippen LogP) is 4.01. The molecule has 2 amide bonds. The largest absolute Gasteiger partial charge is 0.493 e. The number of hydrogen-bond acceptors (Lipinski definition) is 7. The first-order valence-corrected chi connectivity index (χ1v) is 13.4. The summed E-state index contributed by atoms with van der Waals surface area (Å²) >= 11 is 0. The highest BCUT2D eigenvalue weighted by Crippen LogP contribution is 2.32. The molecule has 206 valence electrons. The van der Waals surface area contributed by atoms with Crippen molar-refractivity contribution in [2.75, 3.05) is 30.4 Å². The van der Waals surface area contributed by atoms with Gasteiger partial charge in [0.05, 0.1) is 30.5 Å². The summed E-state index contributed by atoms with van der Waals surface area (Å²) in [6.45, 7) is 6.31. The zero-order valence-electron chi connectivity index (χ0n) is 22.7. The number of hydrazone groups is 1. The van der Waals surface area contributed by atoms with Crippen molar-refractivity contribution < 1.29 is 27.5 Å². The molecule has 0 bridgehead atoms. The van der Waals surface area contributed by atoms with E-state index in [9.17, 15) is 18.0 Å². The van der Waals surface area contributed by atoms with Crippen LogP contribution in [0.5, 0.6) is 11.5 Å². The van der Waals surface area contributed by atoms with Gasteiger partial charge < -0.3 is 14.8 Å². The number of rotatable bonds is 10. The number of sulfonamides is 1. The third-order valence-corrected chi connectivity index (χ3v) is 7.47. The molecule has 0 saturated carbocycles. The monoisotopic (exact) mass is 552 g/mol. The average Bonchev–Trinajstić information content (AvgIpc) is 2.89. The van der Waals surface area contributed by atoms with Gasteiger partial charge >= 0.3 is 0 Å². The van der Waals surface area contributed by atoms with Gasteiger partial charge in [0.2, 0.25) is 5.91 Å². The van der Waals surface area contributed by atoms with Crippen molar-refractivity contribution in [2.45, 2.75) is 32.6 Å². The maximum Gasteiger partial charge on any atom is 0.264 e. The number of carbonyl (C=O) groups is 2. The third kappa shape index (κ3) is 7.35. The van der Waals surface area contributed by atoms with E-state index >= 15 is 0 Å². The molecule has 3 aromatic rings. The van der Waals surface area contributed by atoms with Crippen molar-refractivity contribution in [3.05, 3.63) is 77.4 Å². The van der Waals surface area contributed by atoms with Gasteiger partial charge in [-0.1, -0.05) is 18.2 Å². The van der Waals surface area contributed by atoms with Gasteiger partial charge in [0.15, 0.2) is 11.5 Å². The van der Waals surface area contributed by atoms with E-state index in [1.54, 1.807) is 43.3 Å². The first-order chi connectivity index (χ1) is 18.4. The number of ether oxygens (including phenoxy) is 2. The molecule has 0 aliphatic heterocycles. The quantitative estimate of drug-likeness (QED) is 0.289. The number of benzene rings is 3. The van der Waals surface area contributed by atoms with Gasteiger partial charge in [-0.05, 0) is 73.9 Å². The fourth-order valence-electron chi connectivity index (χ4n) is 3.89. The summed E-state index contributed by atoms with van der Waals surface area (Å²) in [5.41, 5.74) is 6.32. The second kappa shape index (κ2) is 12.4. The summed E-state index contributed by atoms with van der Waals surface area (Å²) in [6.07, 6.45) is 0. The minimum Gasteiger partial charge on any atom is -0.493 e. The molecule has 0 unspecified atom stereocenters. The van der Waals surface area contributed by atoms with Crippen molar-refractivity contribution in [2.24, 2.45) is 5.10 Å². The topological polar surface area (TPSA) is 126 Å². The summed E-state index contributed by atoms with van der Waals surface area (Å²) in [4.78, 5) is 24.1. The van der Waals surface area contributed by atoms with Gasteiger partial charge in [-0.2, -0.15) is 5.10 Å². The highest BCUT2D eigenvalue weighted by molar-refractivity contribution is 7.92. The zero-order valence-corrected chi connectivity index (χ0v) is 23.5. The number of amides is 2. The summed E-state index contributed by atoms with van der Waals surface area (Å²) in [7, 11) is -1.32. The molecule has 0 atom stereocenters. The van der Waals surface area contributed by atoms with E-state index < -0.39 is 22.5 Å². The van der Waals surface area contributed by atoms with Gasteiger partial charge in [-0.25, -0.2) is 13.8 Å². The lowest BCUT2D eigenvalue weighted by Gasteiger charge is -2.25. The SMILES string of the molecule is COc1ccc(S(=O)(=O)N(CC(=O)N/N=C(/C)c2ccc(NC(C)=O)cc2)c2cc(C)cc(C)c2)cc1OC. The Hall–Kier alpha value is -4.38. The van der Waals surface area contributed by atoms with E-state index in [0.717, 1.165) is 15.4 Å². The van der Waals surface area contributed by atoms with Gasteiger partial charge in [0.1, 0.15) is 6.54 Å². The third-order valence-electron chi connectivity index (χ3n) is 5.70. The maximum absolute atomic E-state index is 13.8. The van der Waals surface area contributed by atoms with Crippen LogP contribution < -0.4 is 24.5 Å². The predicted molar refractivity (Wildman–Crippen MR) is 151 cm³/mol. The van der Waals surface area contributed by atoms with Crippen LogP contribution in [-0.4, -0.2) is 46.7 Å². The Kier molecular flexibility index (Phi) is 9.31. The minimum atomic E-state index is -4.19. The highest BCUT2D eigenvalue weighted by Gasteiger charge is 2.28. The molecule has 0 radical (unpaired) electrons. The molecule has 0 aliphatic rings. The van der Waals surface area contributed by atoms with E-state index in [-0.39, 0.29) is 16.6 Å². The Morgan fingerprint density at radius 1 is 0.872 bits per heavy atom. The van der Waals surface area contributed by atoms with E-state index in [0.29, 0.717) is 28.4 Å². The lowest BCUT2D eigenvalue weighted by molar-refractivity contribution is -0.119. The van der Waals surface area contributed by atoms with Crippen molar-refractivity contribution >= 4 is 38.9 Å². The van der Waals surface area contributed by atoms with Crippen LogP contribution in [-0.2, 0) is 19.6 Å². The Morgan fingerprint density at radius 3 is 2.05 bits per heavy atom. The van der Waals surface area contributed by atoms with E-state index in [4.69, 9.17) is 9.47 Å². The number of hydrogen-bond donors (Lipinski definition) is 2. The molecule has 0 aliphatic carbocycles. The van der Waals surface area contributed by atoms with Gasteiger partial charge in [0, 0.05) is 18.7 Å². The fraction of sp³-hybridized carbons (Fsp3) is 0.250. The second-order valence-electron chi connectivity index (χ2n) is 8.87. The molecular formula is C28H32N4O6S. The maximum atomic E-state index is 13.8. The minimum absolute atomic E-state index is 0.0638. The molecule has 0 fully saturated rings. The lowest BCUT2D eigenvalue weighted by atomic mass is 10.1. The van der Waals surface area contributed by atoms with Crippen LogP contribution in [0.2, 0.25) is 0 Å². The smallest absolute Gasteiger partial charge is 0.264 e. The molecule has 0 aromatic heterocycles. The summed E-state index contributed by atoms with van der Waals surface area (Å²) in [5, 5.41) is 6.82.